The minimum atomic E-state index is 0.603. The fourth-order valence-corrected chi connectivity index (χ4v) is 3.06. The summed E-state index contributed by atoms with van der Waals surface area (Å²) in [5, 5.41) is 0.830. The predicted octanol–water partition coefficient (Wildman–Crippen LogP) is 3.77. The van der Waals surface area contributed by atoms with Crippen molar-refractivity contribution in [3.8, 4) is 0 Å². The van der Waals surface area contributed by atoms with Crippen LogP contribution in [0.15, 0.2) is 48.7 Å². The molecule has 0 unspecified atom stereocenters. The van der Waals surface area contributed by atoms with Crippen molar-refractivity contribution in [2.75, 3.05) is 19.8 Å². The third kappa shape index (κ3) is 4.29. The van der Waals surface area contributed by atoms with Gasteiger partial charge in [-0.15, -0.1) is 0 Å². The van der Waals surface area contributed by atoms with Crippen molar-refractivity contribution in [2.45, 2.75) is 19.5 Å². The Kier molecular flexibility index (Phi) is 5.43. The molecule has 1 atom stereocenters. The number of pyridine rings is 1. The Labute approximate surface area is 136 Å². The van der Waals surface area contributed by atoms with Gasteiger partial charge in [0, 0.05) is 37.5 Å². The van der Waals surface area contributed by atoms with Crippen LogP contribution in [0.4, 0.5) is 0 Å². The second-order valence-corrected chi connectivity index (χ2v) is 6.22. The molecule has 3 rings (SSSR count). The van der Waals surface area contributed by atoms with E-state index in [2.05, 4.69) is 22.0 Å². The van der Waals surface area contributed by atoms with Crippen LogP contribution in [-0.4, -0.2) is 29.6 Å². The number of benzene rings is 1. The molecule has 0 radical (unpaired) electrons. The maximum Gasteiger partial charge on any atom is 0.0544 e. The molecule has 116 valence electrons. The van der Waals surface area contributed by atoms with E-state index in [4.69, 9.17) is 16.3 Å². The summed E-state index contributed by atoms with van der Waals surface area (Å²) in [6.45, 7) is 4.44. The van der Waals surface area contributed by atoms with Gasteiger partial charge in [-0.05, 0) is 36.1 Å². The molecule has 2 aromatic rings. The second-order valence-electron chi connectivity index (χ2n) is 5.81. The molecule has 4 heteroatoms. The van der Waals surface area contributed by atoms with Gasteiger partial charge in [-0.1, -0.05) is 35.9 Å². The SMILES string of the molecule is Clc1ccccc1CN(Cc1ccccn1)C[C@@H]1CCOC1. The standard InChI is InChI=1S/C18H21ClN2O/c19-18-7-2-1-5-16(18)12-21(11-15-8-10-22-14-15)13-17-6-3-4-9-20-17/h1-7,9,15H,8,10-14H2/t15-/m0/s1. The number of rotatable bonds is 6. The summed E-state index contributed by atoms with van der Waals surface area (Å²) < 4.78 is 5.51. The molecule has 1 saturated heterocycles. The van der Waals surface area contributed by atoms with Crippen molar-refractivity contribution >= 4 is 11.6 Å². The van der Waals surface area contributed by atoms with Crippen LogP contribution in [0.25, 0.3) is 0 Å². The molecule has 1 aromatic heterocycles. The lowest BCUT2D eigenvalue weighted by Crippen LogP contribution is -2.29. The van der Waals surface area contributed by atoms with E-state index < -0.39 is 0 Å². The van der Waals surface area contributed by atoms with Gasteiger partial charge in [0.2, 0.25) is 0 Å². The highest BCUT2D eigenvalue weighted by Gasteiger charge is 2.20. The van der Waals surface area contributed by atoms with Gasteiger partial charge in [0.05, 0.1) is 12.3 Å². The Morgan fingerprint density at radius 1 is 1.14 bits per heavy atom. The summed E-state index contributed by atoms with van der Waals surface area (Å²) in [6.07, 6.45) is 2.99. The van der Waals surface area contributed by atoms with Crippen molar-refractivity contribution in [3.05, 3.63) is 64.9 Å². The molecule has 0 spiro atoms. The van der Waals surface area contributed by atoms with Crippen LogP contribution in [0.1, 0.15) is 17.7 Å². The fraction of sp³-hybridized carbons (Fsp3) is 0.389. The largest absolute Gasteiger partial charge is 0.381 e. The Morgan fingerprint density at radius 2 is 2.00 bits per heavy atom. The molecule has 0 N–H and O–H groups in total. The lowest BCUT2D eigenvalue weighted by molar-refractivity contribution is 0.161. The number of aromatic nitrogens is 1. The zero-order chi connectivity index (χ0) is 15.2. The van der Waals surface area contributed by atoms with Gasteiger partial charge in [0.25, 0.3) is 0 Å². The van der Waals surface area contributed by atoms with Gasteiger partial charge in [0.1, 0.15) is 0 Å². The maximum atomic E-state index is 6.32. The summed E-state index contributed by atoms with van der Waals surface area (Å²) in [4.78, 5) is 6.87. The first-order chi connectivity index (χ1) is 10.8. The van der Waals surface area contributed by atoms with Gasteiger partial charge in [-0.3, -0.25) is 9.88 Å². The first kappa shape index (κ1) is 15.5. The number of ether oxygens (including phenoxy) is 1. The molecule has 1 aliphatic rings. The Morgan fingerprint density at radius 3 is 2.73 bits per heavy atom. The normalized spacial score (nSPS) is 18.0. The molecule has 22 heavy (non-hydrogen) atoms. The lowest BCUT2D eigenvalue weighted by atomic mass is 10.1. The predicted molar refractivity (Wildman–Crippen MR) is 88.7 cm³/mol. The van der Waals surface area contributed by atoms with Crippen LogP contribution in [0.5, 0.6) is 0 Å². The summed E-state index contributed by atoms with van der Waals surface area (Å²) >= 11 is 6.32. The molecule has 0 amide bonds. The second kappa shape index (κ2) is 7.73. The van der Waals surface area contributed by atoms with E-state index in [9.17, 15) is 0 Å². The van der Waals surface area contributed by atoms with Crippen molar-refractivity contribution in [2.24, 2.45) is 5.92 Å². The monoisotopic (exact) mass is 316 g/mol. The van der Waals surface area contributed by atoms with E-state index in [0.717, 1.165) is 50.0 Å². The van der Waals surface area contributed by atoms with E-state index in [1.807, 2.05) is 36.5 Å². The van der Waals surface area contributed by atoms with Crippen LogP contribution < -0.4 is 0 Å². The highest BCUT2D eigenvalue weighted by Crippen LogP contribution is 2.21. The zero-order valence-corrected chi connectivity index (χ0v) is 13.4. The molecule has 3 nitrogen and oxygen atoms in total. The van der Waals surface area contributed by atoms with Crippen LogP contribution >= 0.6 is 11.6 Å². The molecule has 1 fully saturated rings. The third-order valence-corrected chi connectivity index (χ3v) is 4.37. The number of hydrogen-bond donors (Lipinski definition) is 0. The molecule has 0 bridgehead atoms. The summed E-state index contributed by atoms with van der Waals surface area (Å²) in [6, 6.07) is 14.1. The number of hydrogen-bond acceptors (Lipinski definition) is 3. The Hall–Kier alpha value is -1.42. The lowest BCUT2D eigenvalue weighted by Gasteiger charge is -2.25. The quantitative estimate of drug-likeness (QED) is 0.811. The van der Waals surface area contributed by atoms with E-state index in [-0.39, 0.29) is 0 Å². The molecule has 1 aliphatic heterocycles. The van der Waals surface area contributed by atoms with Crippen molar-refractivity contribution in [1.29, 1.82) is 0 Å². The molecule has 2 heterocycles. The topological polar surface area (TPSA) is 25.4 Å². The highest BCUT2D eigenvalue weighted by atomic mass is 35.5. The zero-order valence-electron chi connectivity index (χ0n) is 12.6. The molecule has 1 aromatic carbocycles. The maximum absolute atomic E-state index is 6.32. The van der Waals surface area contributed by atoms with E-state index >= 15 is 0 Å². The van der Waals surface area contributed by atoms with Gasteiger partial charge in [0.15, 0.2) is 0 Å². The first-order valence-corrected chi connectivity index (χ1v) is 8.12. The summed E-state index contributed by atoms with van der Waals surface area (Å²) in [7, 11) is 0. The van der Waals surface area contributed by atoms with Crippen molar-refractivity contribution in [1.82, 2.24) is 9.88 Å². The average molecular weight is 317 g/mol. The van der Waals surface area contributed by atoms with Crippen LogP contribution in [0.2, 0.25) is 5.02 Å². The molecule has 0 saturated carbocycles. The van der Waals surface area contributed by atoms with E-state index in [1.165, 1.54) is 5.56 Å². The van der Waals surface area contributed by atoms with Crippen LogP contribution in [0.3, 0.4) is 0 Å². The van der Waals surface area contributed by atoms with Gasteiger partial charge < -0.3 is 4.74 Å². The molecular formula is C18H21ClN2O. The Bertz CT molecular complexity index is 585. The van der Waals surface area contributed by atoms with Crippen molar-refractivity contribution in [3.63, 3.8) is 0 Å². The third-order valence-electron chi connectivity index (χ3n) is 4.00. The van der Waals surface area contributed by atoms with Gasteiger partial charge >= 0.3 is 0 Å². The Balaban J connectivity index is 1.71. The highest BCUT2D eigenvalue weighted by molar-refractivity contribution is 6.31. The average Bonchev–Trinajstić information content (AvgIpc) is 3.03. The first-order valence-electron chi connectivity index (χ1n) is 7.74. The molecule has 0 aliphatic carbocycles. The van der Waals surface area contributed by atoms with Gasteiger partial charge in [-0.2, -0.15) is 0 Å². The van der Waals surface area contributed by atoms with Gasteiger partial charge in [-0.25, -0.2) is 0 Å². The number of nitrogens with zero attached hydrogens (tertiary/aromatic N) is 2. The number of halogens is 1. The molecular weight excluding hydrogens is 296 g/mol. The minimum Gasteiger partial charge on any atom is -0.381 e. The van der Waals surface area contributed by atoms with E-state index in [1.54, 1.807) is 0 Å². The van der Waals surface area contributed by atoms with E-state index in [0.29, 0.717) is 5.92 Å². The van der Waals surface area contributed by atoms with Crippen molar-refractivity contribution < 1.29 is 4.74 Å². The van der Waals surface area contributed by atoms with Crippen LogP contribution in [0, 0.1) is 5.92 Å². The smallest absolute Gasteiger partial charge is 0.0544 e. The summed E-state index contributed by atoms with van der Waals surface area (Å²) in [5.74, 6) is 0.603. The summed E-state index contributed by atoms with van der Waals surface area (Å²) in [5.41, 5.74) is 2.26. The van der Waals surface area contributed by atoms with Crippen LogP contribution in [-0.2, 0) is 17.8 Å². The minimum absolute atomic E-state index is 0.603. The fourth-order valence-electron chi connectivity index (χ4n) is 2.87.